The number of hydrogen-bond donors (Lipinski definition) is 1. The molecule has 0 spiro atoms. The van der Waals surface area contributed by atoms with Crippen molar-refractivity contribution in [2.24, 2.45) is 7.05 Å². The molecule has 0 bridgehead atoms. The summed E-state index contributed by atoms with van der Waals surface area (Å²) in [5.41, 5.74) is 6.20. The van der Waals surface area contributed by atoms with Crippen molar-refractivity contribution in [1.29, 1.82) is 5.26 Å². The number of nitriles is 1. The highest BCUT2D eigenvalue weighted by molar-refractivity contribution is 7.85. The van der Waals surface area contributed by atoms with Crippen LogP contribution in [0.5, 0.6) is 0 Å². The Labute approximate surface area is 236 Å². The molecule has 0 aliphatic heterocycles. The molecule has 3 aromatic carbocycles. The molecule has 0 fully saturated rings. The number of hydrogen-bond acceptors (Lipinski definition) is 6. The van der Waals surface area contributed by atoms with E-state index in [2.05, 4.69) is 34.2 Å². The lowest BCUT2D eigenvalue weighted by Gasteiger charge is -2.16. The van der Waals surface area contributed by atoms with Crippen LogP contribution in [-0.4, -0.2) is 38.3 Å². The van der Waals surface area contributed by atoms with Crippen LogP contribution in [0.3, 0.4) is 0 Å². The Morgan fingerprint density at radius 3 is 2.24 bits per heavy atom. The van der Waals surface area contributed by atoms with Crippen molar-refractivity contribution in [3.05, 3.63) is 101 Å². The number of fused-ring (bicyclic) bond motifs is 4. The van der Waals surface area contributed by atoms with Crippen molar-refractivity contribution in [3.63, 3.8) is 0 Å². The second-order valence-electron chi connectivity index (χ2n) is 10.3. The summed E-state index contributed by atoms with van der Waals surface area (Å²) in [7, 11) is -1.90. The van der Waals surface area contributed by atoms with Crippen molar-refractivity contribution in [2.45, 2.75) is 19.3 Å². The lowest BCUT2D eigenvalue weighted by atomic mass is 9.86. The summed E-state index contributed by atoms with van der Waals surface area (Å²) in [5, 5.41) is 11.5. The Morgan fingerprint density at radius 2 is 1.56 bits per heavy atom. The minimum atomic E-state index is -3.67. The van der Waals surface area contributed by atoms with E-state index in [4.69, 9.17) is 4.55 Å². The molecule has 206 valence electrons. The van der Waals surface area contributed by atoms with E-state index in [1.54, 1.807) is 22.4 Å². The van der Waals surface area contributed by atoms with Gasteiger partial charge in [-0.05, 0) is 61.4 Å². The molecule has 0 saturated heterocycles. The summed E-state index contributed by atoms with van der Waals surface area (Å²) < 4.78 is 29.2. The van der Waals surface area contributed by atoms with Crippen LogP contribution < -0.4 is 5.69 Å². The SMILES string of the molecule is CS(=O)(=O)O.Cn1c(=O)n(-c2ccc(C(C)(C)C#N)cc2)c2c3cc(-c4cnc5ccccc5c4)ccc3ncc21. The van der Waals surface area contributed by atoms with Crippen molar-refractivity contribution in [2.75, 3.05) is 6.26 Å². The molecule has 41 heavy (non-hydrogen) atoms. The fourth-order valence-electron chi connectivity index (χ4n) is 4.74. The van der Waals surface area contributed by atoms with Gasteiger partial charge in [0.15, 0.2) is 0 Å². The fourth-order valence-corrected chi connectivity index (χ4v) is 4.74. The molecule has 6 rings (SSSR count). The number of aromatic nitrogens is 4. The molecule has 3 aromatic heterocycles. The second-order valence-corrected chi connectivity index (χ2v) is 11.8. The number of benzene rings is 3. The van der Waals surface area contributed by atoms with Gasteiger partial charge < -0.3 is 0 Å². The first-order chi connectivity index (χ1) is 19.4. The lowest BCUT2D eigenvalue weighted by molar-refractivity contribution is 0.490. The van der Waals surface area contributed by atoms with Crippen molar-refractivity contribution < 1.29 is 13.0 Å². The Balaban J connectivity index is 0.000000623. The first-order valence-electron chi connectivity index (χ1n) is 12.7. The van der Waals surface area contributed by atoms with E-state index < -0.39 is 15.5 Å². The van der Waals surface area contributed by atoms with Gasteiger partial charge in [0.25, 0.3) is 10.1 Å². The number of imidazole rings is 1. The Hall–Kier alpha value is -4.85. The highest BCUT2D eigenvalue weighted by Gasteiger charge is 2.21. The zero-order valence-corrected chi connectivity index (χ0v) is 23.7. The number of nitrogens with zero attached hydrogens (tertiary/aromatic N) is 5. The molecule has 0 unspecified atom stereocenters. The van der Waals surface area contributed by atoms with Crippen molar-refractivity contribution in [3.8, 4) is 22.9 Å². The zero-order valence-electron chi connectivity index (χ0n) is 22.9. The highest BCUT2D eigenvalue weighted by Crippen LogP contribution is 2.31. The normalized spacial score (nSPS) is 11.8. The summed E-state index contributed by atoms with van der Waals surface area (Å²) in [5.74, 6) is 0. The van der Waals surface area contributed by atoms with Gasteiger partial charge in [0.05, 0.1) is 51.7 Å². The van der Waals surface area contributed by atoms with Crippen LogP contribution in [0.15, 0.2) is 90.0 Å². The quantitative estimate of drug-likeness (QED) is 0.284. The third-order valence-corrected chi connectivity index (χ3v) is 6.93. The third kappa shape index (κ3) is 5.45. The average Bonchev–Trinajstić information content (AvgIpc) is 3.21. The molecular formula is C31H27N5O4S. The van der Waals surface area contributed by atoms with Gasteiger partial charge in [0, 0.05) is 29.6 Å². The maximum atomic E-state index is 13.4. The molecule has 0 saturated carbocycles. The van der Waals surface area contributed by atoms with E-state index >= 15 is 0 Å². The Morgan fingerprint density at radius 1 is 0.902 bits per heavy atom. The molecule has 1 N–H and O–H groups in total. The van der Waals surface area contributed by atoms with Gasteiger partial charge in [0.1, 0.15) is 0 Å². The van der Waals surface area contributed by atoms with Gasteiger partial charge in [-0.1, -0.05) is 36.4 Å². The highest BCUT2D eigenvalue weighted by atomic mass is 32.2. The predicted molar refractivity (Wildman–Crippen MR) is 161 cm³/mol. The first kappa shape index (κ1) is 27.7. The standard InChI is InChI=1S/C30H23N5O.CH4O3S/c1-30(2,18-31)22-9-11-23(12-10-22)35-28-24-15-19(21-14-20-6-4-5-7-25(20)32-16-21)8-13-26(24)33-17-27(28)34(3)29(35)36;1-5(2,3)4/h4-17H,1-3H3;1H3,(H,2,3,4). The second kappa shape index (κ2) is 10.3. The number of para-hydroxylation sites is 1. The van der Waals surface area contributed by atoms with Crippen LogP contribution in [-0.2, 0) is 22.6 Å². The Bertz CT molecular complexity index is 2150. The smallest absolute Gasteiger partial charge is 0.293 e. The minimum Gasteiger partial charge on any atom is -0.293 e. The lowest BCUT2D eigenvalue weighted by Crippen LogP contribution is -2.21. The maximum absolute atomic E-state index is 13.4. The van der Waals surface area contributed by atoms with Crippen molar-refractivity contribution in [1.82, 2.24) is 19.1 Å². The van der Waals surface area contributed by atoms with E-state index in [1.165, 1.54) is 0 Å². The topological polar surface area (TPSA) is 131 Å². The summed E-state index contributed by atoms with van der Waals surface area (Å²) in [6, 6.07) is 26.2. The molecule has 0 radical (unpaired) electrons. The zero-order chi connectivity index (χ0) is 29.5. The van der Waals surface area contributed by atoms with Crippen LogP contribution in [0.4, 0.5) is 0 Å². The molecule has 3 heterocycles. The van der Waals surface area contributed by atoms with E-state index in [0.29, 0.717) is 6.26 Å². The molecule has 0 atom stereocenters. The molecule has 10 heteroatoms. The minimum absolute atomic E-state index is 0.149. The van der Waals surface area contributed by atoms with Gasteiger partial charge >= 0.3 is 5.69 Å². The van der Waals surface area contributed by atoms with Gasteiger partial charge in [-0.15, -0.1) is 0 Å². The van der Waals surface area contributed by atoms with E-state index in [-0.39, 0.29) is 5.69 Å². The van der Waals surface area contributed by atoms with Gasteiger partial charge in [-0.3, -0.25) is 23.7 Å². The van der Waals surface area contributed by atoms with Crippen LogP contribution in [0, 0.1) is 11.3 Å². The van der Waals surface area contributed by atoms with E-state index in [1.807, 2.05) is 74.6 Å². The molecule has 9 nitrogen and oxygen atoms in total. The average molecular weight is 566 g/mol. The van der Waals surface area contributed by atoms with Crippen molar-refractivity contribution >= 4 is 43.0 Å². The first-order valence-corrected chi connectivity index (χ1v) is 14.5. The third-order valence-electron chi connectivity index (χ3n) is 6.93. The van der Waals surface area contributed by atoms with Crippen LogP contribution in [0.2, 0.25) is 0 Å². The van der Waals surface area contributed by atoms with E-state index in [9.17, 15) is 18.5 Å². The van der Waals surface area contributed by atoms with Gasteiger partial charge in [-0.25, -0.2) is 4.79 Å². The monoisotopic (exact) mass is 565 g/mol. The summed E-state index contributed by atoms with van der Waals surface area (Å²) in [6.45, 7) is 3.77. The summed E-state index contributed by atoms with van der Waals surface area (Å²) in [6.07, 6.45) is 4.35. The summed E-state index contributed by atoms with van der Waals surface area (Å²) >= 11 is 0. The predicted octanol–water partition coefficient (Wildman–Crippen LogP) is 5.40. The molecular weight excluding hydrogens is 538 g/mol. The largest absolute Gasteiger partial charge is 0.333 e. The fraction of sp³-hybridized carbons (Fsp3) is 0.161. The molecule has 0 aliphatic rings. The Kier molecular flexibility index (Phi) is 6.95. The molecule has 0 amide bonds. The number of pyridine rings is 2. The number of rotatable bonds is 3. The summed E-state index contributed by atoms with van der Waals surface area (Å²) in [4.78, 5) is 22.7. The number of aryl methyl sites for hydroxylation is 1. The molecule has 6 aromatic rings. The van der Waals surface area contributed by atoms with Crippen LogP contribution in [0.25, 0.3) is 49.7 Å². The van der Waals surface area contributed by atoms with Crippen LogP contribution >= 0.6 is 0 Å². The van der Waals surface area contributed by atoms with Gasteiger partial charge in [-0.2, -0.15) is 13.7 Å². The maximum Gasteiger partial charge on any atom is 0.333 e. The van der Waals surface area contributed by atoms with Gasteiger partial charge in [0.2, 0.25) is 0 Å². The molecule has 0 aliphatic carbocycles. The van der Waals surface area contributed by atoms with Crippen LogP contribution in [0.1, 0.15) is 19.4 Å². The van der Waals surface area contributed by atoms with E-state index in [0.717, 1.165) is 55.2 Å².